The highest BCUT2D eigenvalue weighted by molar-refractivity contribution is 5.43. The quantitative estimate of drug-likeness (QED) is 0.866. The molecule has 1 aliphatic carbocycles. The van der Waals surface area contributed by atoms with Crippen LogP contribution in [0.25, 0.3) is 0 Å². The van der Waals surface area contributed by atoms with E-state index in [0.717, 1.165) is 30.4 Å². The van der Waals surface area contributed by atoms with Crippen LogP contribution in [-0.4, -0.2) is 25.8 Å². The van der Waals surface area contributed by atoms with Gasteiger partial charge in [-0.1, -0.05) is 6.07 Å². The Bertz CT molecular complexity index is 415. The van der Waals surface area contributed by atoms with Gasteiger partial charge >= 0.3 is 0 Å². The molecule has 1 fully saturated rings. The molecule has 1 aromatic carbocycles. The van der Waals surface area contributed by atoms with E-state index in [2.05, 4.69) is 24.4 Å². The van der Waals surface area contributed by atoms with Gasteiger partial charge in [0, 0.05) is 6.04 Å². The highest BCUT2D eigenvalue weighted by Gasteiger charge is 2.27. The zero-order chi connectivity index (χ0) is 12.4. The van der Waals surface area contributed by atoms with Crippen molar-refractivity contribution in [2.45, 2.75) is 32.2 Å². The molecular formula is C15H21NO2. The maximum atomic E-state index is 5.59. The second-order valence-electron chi connectivity index (χ2n) is 5.31. The van der Waals surface area contributed by atoms with E-state index in [1.54, 1.807) is 0 Å². The predicted octanol–water partition coefficient (Wildman–Crippen LogP) is 2.39. The lowest BCUT2D eigenvalue weighted by Gasteiger charge is -2.19. The van der Waals surface area contributed by atoms with Gasteiger partial charge in [0.1, 0.15) is 13.2 Å². The van der Waals surface area contributed by atoms with Crippen molar-refractivity contribution in [1.82, 2.24) is 5.32 Å². The summed E-state index contributed by atoms with van der Waals surface area (Å²) in [6, 6.07) is 6.94. The molecule has 1 aromatic rings. The predicted molar refractivity (Wildman–Crippen MR) is 71.3 cm³/mol. The maximum absolute atomic E-state index is 5.59. The normalized spacial score (nSPS) is 19.6. The van der Waals surface area contributed by atoms with E-state index in [1.807, 2.05) is 6.07 Å². The first kappa shape index (κ1) is 11.8. The highest BCUT2D eigenvalue weighted by Crippen LogP contribution is 2.32. The van der Waals surface area contributed by atoms with Crippen LogP contribution >= 0.6 is 0 Å². The fraction of sp³-hybridized carbons (Fsp3) is 0.600. The molecule has 3 heteroatoms. The zero-order valence-electron chi connectivity index (χ0n) is 10.9. The van der Waals surface area contributed by atoms with Crippen molar-refractivity contribution in [3.63, 3.8) is 0 Å². The molecule has 1 N–H and O–H groups in total. The van der Waals surface area contributed by atoms with E-state index < -0.39 is 0 Å². The molecule has 3 rings (SSSR count). The lowest BCUT2D eigenvalue weighted by atomic mass is 10.1. The average Bonchev–Trinajstić information content (AvgIpc) is 3.23. The van der Waals surface area contributed by atoms with Crippen LogP contribution in [-0.2, 0) is 6.42 Å². The van der Waals surface area contributed by atoms with Gasteiger partial charge in [-0.2, -0.15) is 0 Å². The third-order valence-electron chi connectivity index (χ3n) is 3.82. The minimum Gasteiger partial charge on any atom is -0.486 e. The third kappa shape index (κ3) is 2.78. The van der Waals surface area contributed by atoms with Crippen LogP contribution in [0.2, 0.25) is 0 Å². The SMILES string of the molecule is CC(NCCc1ccc2c(c1)OCCO2)C1CC1. The number of benzene rings is 1. The molecule has 0 radical (unpaired) electrons. The van der Waals surface area contributed by atoms with Crippen LogP contribution in [0.3, 0.4) is 0 Å². The molecule has 0 spiro atoms. The van der Waals surface area contributed by atoms with Gasteiger partial charge in [-0.05, 0) is 56.3 Å². The Hall–Kier alpha value is -1.22. The van der Waals surface area contributed by atoms with Gasteiger partial charge in [0.05, 0.1) is 0 Å². The summed E-state index contributed by atoms with van der Waals surface area (Å²) >= 11 is 0. The van der Waals surface area contributed by atoms with Gasteiger partial charge in [-0.15, -0.1) is 0 Å². The van der Waals surface area contributed by atoms with Crippen molar-refractivity contribution in [3.05, 3.63) is 23.8 Å². The summed E-state index contributed by atoms with van der Waals surface area (Å²) in [5.41, 5.74) is 1.31. The molecule has 98 valence electrons. The van der Waals surface area contributed by atoms with E-state index >= 15 is 0 Å². The van der Waals surface area contributed by atoms with Crippen LogP contribution in [0.5, 0.6) is 11.5 Å². The van der Waals surface area contributed by atoms with Crippen molar-refractivity contribution >= 4 is 0 Å². The summed E-state index contributed by atoms with van der Waals surface area (Å²) in [5, 5.41) is 3.60. The lowest BCUT2D eigenvalue weighted by Crippen LogP contribution is -2.29. The van der Waals surface area contributed by atoms with Gasteiger partial charge in [0.2, 0.25) is 0 Å². The highest BCUT2D eigenvalue weighted by atomic mass is 16.6. The Kier molecular flexibility index (Phi) is 3.41. The second-order valence-corrected chi connectivity index (χ2v) is 5.31. The molecule has 1 unspecified atom stereocenters. The molecule has 3 nitrogen and oxygen atoms in total. The van der Waals surface area contributed by atoms with Gasteiger partial charge in [0.25, 0.3) is 0 Å². The van der Waals surface area contributed by atoms with E-state index in [9.17, 15) is 0 Å². The Balaban J connectivity index is 1.52. The summed E-state index contributed by atoms with van der Waals surface area (Å²) in [5.74, 6) is 2.70. The zero-order valence-corrected chi connectivity index (χ0v) is 10.9. The molecule has 2 aliphatic rings. The number of nitrogens with one attached hydrogen (secondary N) is 1. The summed E-state index contributed by atoms with van der Waals surface area (Å²) in [6.07, 6.45) is 3.85. The first-order valence-electron chi connectivity index (χ1n) is 6.95. The number of ether oxygens (including phenoxy) is 2. The van der Waals surface area contributed by atoms with Crippen LogP contribution in [0.15, 0.2) is 18.2 Å². The molecule has 1 saturated carbocycles. The van der Waals surface area contributed by atoms with Crippen molar-refractivity contribution < 1.29 is 9.47 Å². The average molecular weight is 247 g/mol. The maximum Gasteiger partial charge on any atom is 0.161 e. The number of fused-ring (bicyclic) bond motifs is 1. The summed E-state index contributed by atoms with van der Waals surface area (Å²) in [6.45, 7) is 4.65. The molecule has 1 aliphatic heterocycles. The molecule has 1 heterocycles. The van der Waals surface area contributed by atoms with Crippen LogP contribution in [0, 0.1) is 5.92 Å². The monoisotopic (exact) mass is 247 g/mol. The Morgan fingerprint density at radius 1 is 1.22 bits per heavy atom. The van der Waals surface area contributed by atoms with Crippen LogP contribution < -0.4 is 14.8 Å². The van der Waals surface area contributed by atoms with Crippen LogP contribution in [0.4, 0.5) is 0 Å². The topological polar surface area (TPSA) is 30.5 Å². The molecule has 18 heavy (non-hydrogen) atoms. The van der Waals surface area contributed by atoms with Crippen molar-refractivity contribution in [1.29, 1.82) is 0 Å². The summed E-state index contributed by atoms with van der Waals surface area (Å²) < 4.78 is 11.1. The van der Waals surface area contributed by atoms with Gasteiger partial charge in [-0.3, -0.25) is 0 Å². The van der Waals surface area contributed by atoms with E-state index in [0.29, 0.717) is 19.3 Å². The van der Waals surface area contributed by atoms with E-state index in [4.69, 9.17) is 9.47 Å². The van der Waals surface area contributed by atoms with Gasteiger partial charge in [-0.25, -0.2) is 0 Å². The largest absolute Gasteiger partial charge is 0.486 e. The van der Waals surface area contributed by atoms with E-state index in [1.165, 1.54) is 18.4 Å². The second kappa shape index (κ2) is 5.19. The molecule has 0 aromatic heterocycles. The molecule has 0 saturated heterocycles. The van der Waals surface area contributed by atoms with Gasteiger partial charge < -0.3 is 14.8 Å². The Morgan fingerprint density at radius 2 is 2.00 bits per heavy atom. The Morgan fingerprint density at radius 3 is 2.78 bits per heavy atom. The lowest BCUT2D eigenvalue weighted by molar-refractivity contribution is 0.171. The fourth-order valence-electron chi connectivity index (χ4n) is 2.45. The van der Waals surface area contributed by atoms with Crippen molar-refractivity contribution in [3.8, 4) is 11.5 Å². The first-order chi connectivity index (χ1) is 8.83. The summed E-state index contributed by atoms with van der Waals surface area (Å²) in [7, 11) is 0. The van der Waals surface area contributed by atoms with Crippen molar-refractivity contribution in [2.24, 2.45) is 5.92 Å². The fourth-order valence-corrected chi connectivity index (χ4v) is 2.45. The minimum absolute atomic E-state index is 0.660. The number of hydrogen-bond donors (Lipinski definition) is 1. The smallest absolute Gasteiger partial charge is 0.161 e. The van der Waals surface area contributed by atoms with Gasteiger partial charge in [0.15, 0.2) is 11.5 Å². The van der Waals surface area contributed by atoms with Crippen LogP contribution in [0.1, 0.15) is 25.3 Å². The standard InChI is InChI=1S/C15H21NO2/c1-11(13-3-4-13)16-7-6-12-2-5-14-15(10-12)18-9-8-17-14/h2,5,10-11,13,16H,3-4,6-9H2,1H3. The molecule has 0 bridgehead atoms. The molecular weight excluding hydrogens is 226 g/mol. The minimum atomic E-state index is 0.660. The molecule has 1 atom stereocenters. The van der Waals surface area contributed by atoms with Crippen molar-refractivity contribution in [2.75, 3.05) is 19.8 Å². The first-order valence-corrected chi connectivity index (χ1v) is 6.95. The Labute approximate surface area is 108 Å². The third-order valence-corrected chi connectivity index (χ3v) is 3.82. The number of rotatable bonds is 5. The number of hydrogen-bond acceptors (Lipinski definition) is 3. The molecule has 0 amide bonds. The van der Waals surface area contributed by atoms with E-state index in [-0.39, 0.29) is 0 Å². The summed E-state index contributed by atoms with van der Waals surface area (Å²) in [4.78, 5) is 0.